The summed E-state index contributed by atoms with van der Waals surface area (Å²) in [6.45, 7) is 0. The lowest BCUT2D eigenvalue weighted by atomic mass is 10.3. The molecule has 1 aromatic carbocycles. The first-order valence-electron chi connectivity index (χ1n) is 4.96. The lowest BCUT2D eigenvalue weighted by Crippen LogP contribution is -1.99. The Morgan fingerprint density at radius 3 is 2.50 bits per heavy atom. The van der Waals surface area contributed by atoms with Crippen molar-refractivity contribution in [3.05, 3.63) is 47.5 Å². The van der Waals surface area contributed by atoms with Crippen molar-refractivity contribution < 1.29 is 8.78 Å². The van der Waals surface area contributed by atoms with Gasteiger partial charge in [-0.05, 0) is 23.7 Å². The summed E-state index contributed by atoms with van der Waals surface area (Å²) in [5.74, 6) is -1.37. The van der Waals surface area contributed by atoms with Gasteiger partial charge in [0.1, 0.15) is 11.6 Å². The molecule has 0 atom stereocenters. The average molecular weight is 267 g/mol. The van der Waals surface area contributed by atoms with Crippen LogP contribution >= 0.6 is 11.6 Å². The summed E-state index contributed by atoms with van der Waals surface area (Å²) in [5.41, 5.74) is 0.622. The van der Waals surface area contributed by atoms with E-state index < -0.39 is 11.6 Å². The summed E-state index contributed by atoms with van der Waals surface area (Å²) in [4.78, 5) is 7.78. The first-order valence-corrected chi connectivity index (χ1v) is 5.34. The fraction of sp³-hybridized carbons (Fsp3) is 0. The van der Waals surface area contributed by atoms with Crippen molar-refractivity contribution in [2.45, 2.75) is 0 Å². The van der Waals surface area contributed by atoms with E-state index in [4.69, 9.17) is 11.6 Å². The highest BCUT2D eigenvalue weighted by molar-refractivity contribution is 6.28. The molecular weight excluding hydrogens is 262 g/mol. The lowest BCUT2D eigenvalue weighted by molar-refractivity contribution is 0.580. The molecule has 0 N–H and O–H groups in total. The minimum Gasteiger partial charge on any atom is -0.226 e. The van der Waals surface area contributed by atoms with Gasteiger partial charge in [-0.25, -0.2) is 18.4 Å². The molecule has 0 aliphatic carbocycles. The molecule has 0 saturated carbocycles. The monoisotopic (exact) mass is 266 g/mol. The molecule has 0 bridgehead atoms. The molecule has 0 unspecified atom stereocenters. The van der Waals surface area contributed by atoms with Crippen LogP contribution in [0.15, 0.2) is 30.6 Å². The Labute approximate surface area is 105 Å². The third-order valence-electron chi connectivity index (χ3n) is 2.37. The van der Waals surface area contributed by atoms with Gasteiger partial charge < -0.3 is 0 Å². The third kappa shape index (κ3) is 1.80. The van der Waals surface area contributed by atoms with E-state index in [0.29, 0.717) is 11.0 Å². The summed E-state index contributed by atoms with van der Waals surface area (Å²) in [7, 11) is 0. The SMILES string of the molecule is Fc1cc(F)cc(-n2ncc3cnc(Cl)nc32)c1. The van der Waals surface area contributed by atoms with Crippen LogP contribution in [0.1, 0.15) is 0 Å². The van der Waals surface area contributed by atoms with E-state index in [2.05, 4.69) is 15.1 Å². The standard InChI is InChI=1S/C11H5ClF2N4/c12-11-15-4-6-5-16-18(10(6)17-11)9-2-7(13)1-8(14)3-9/h1-5H. The summed E-state index contributed by atoms with van der Waals surface area (Å²) in [6, 6.07) is 3.11. The van der Waals surface area contributed by atoms with E-state index in [1.54, 1.807) is 0 Å². The Kier molecular flexibility index (Phi) is 2.45. The predicted octanol–water partition coefficient (Wildman–Crippen LogP) is 2.75. The number of benzene rings is 1. The van der Waals surface area contributed by atoms with Crippen LogP contribution < -0.4 is 0 Å². The van der Waals surface area contributed by atoms with Crippen LogP contribution in [0.3, 0.4) is 0 Å². The van der Waals surface area contributed by atoms with Gasteiger partial charge >= 0.3 is 0 Å². The van der Waals surface area contributed by atoms with E-state index >= 15 is 0 Å². The highest BCUT2D eigenvalue weighted by Gasteiger charge is 2.09. The number of nitrogens with zero attached hydrogens (tertiary/aromatic N) is 4. The van der Waals surface area contributed by atoms with Gasteiger partial charge in [0.2, 0.25) is 5.28 Å². The van der Waals surface area contributed by atoms with Crippen molar-refractivity contribution in [1.29, 1.82) is 0 Å². The summed E-state index contributed by atoms with van der Waals surface area (Å²) in [6.07, 6.45) is 2.98. The topological polar surface area (TPSA) is 43.6 Å². The highest BCUT2D eigenvalue weighted by atomic mass is 35.5. The minimum absolute atomic E-state index is 0.0427. The maximum Gasteiger partial charge on any atom is 0.224 e. The molecular formula is C11H5ClF2N4. The molecule has 3 rings (SSSR count). The van der Waals surface area contributed by atoms with Gasteiger partial charge in [0.15, 0.2) is 5.65 Å². The number of aromatic nitrogens is 4. The first-order chi connectivity index (χ1) is 8.63. The van der Waals surface area contributed by atoms with Crippen molar-refractivity contribution in [2.75, 3.05) is 0 Å². The second kappa shape index (κ2) is 3.99. The van der Waals surface area contributed by atoms with Crippen molar-refractivity contribution in [3.63, 3.8) is 0 Å². The Morgan fingerprint density at radius 1 is 1.06 bits per heavy atom. The van der Waals surface area contributed by atoms with E-state index in [0.717, 1.165) is 18.2 Å². The molecule has 0 fully saturated rings. The lowest BCUT2D eigenvalue weighted by Gasteiger charge is -2.03. The van der Waals surface area contributed by atoms with Gasteiger partial charge in [-0.3, -0.25) is 0 Å². The Morgan fingerprint density at radius 2 is 1.78 bits per heavy atom. The summed E-state index contributed by atoms with van der Waals surface area (Å²) >= 11 is 5.69. The summed E-state index contributed by atoms with van der Waals surface area (Å²) < 4.78 is 27.6. The van der Waals surface area contributed by atoms with Gasteiger partial charge in [-0.15, -0.1) is 0 Å². The molecule has 3 aromatic rings. The van der Waals surface area contributed by atoms with Crippen molar-refractivity contribution in [2.24, 2.45) is 0 Å². The van der Waals surface area contributed by atoms with E-state index in [9.17, 15) is 8.78 Å². The zero-order valence-corrected chi connectivity index (χ0v) is 9.57. The van der Waals surface area contributed by atoms with Gasteiger partial charge in [0.25, 0.3) is 0 Å². The van der Waals surface area contributed by atoms with Gasteiger partial charge in [0.05, 0.1) is 17.3 Å². The van der Waals surface area contributed by atoms with Gasteiger partial charge in [-0.1, -0.05) is 0 Å². The van der Waals surface area contributed by atoms with E-state index in [1.165, 1.54) is 17.1 Å². The van der Waals surface area contributed by atoms with Gasteiger partial charge in [0, 0.05) is 12.3 Å². The molecule has 0 radical (unpaired) electrons. The normalized spacial score (nSPS) is 11.1. The van der Waals surface area contributed by atoms with Crippen molar-refractivity contribution in [1.82, 2.24) is 19.7 Å². The predicted molar refractivity (Wildman–Crippen MR) is 61.6 cm³/mol. The van der Waals surface area contributed by atoms with Crippen LogP contribution in [0.4, 0.5) is 8.78 Å². The van der Waals surface area contributed by atoms with Gasteiger partial charge in [-0.2, -0.15) is 10.1 Å². The number of halogens is 3. The molecule has 2 heterocycles. The molecule has 7 heteroatoms. The number of rotatable bonds is 1. The fourth-order valence-corrected chi connectivity index (χ4v) is 1.78. The van der Waals surface area contributed by atoms with Crippen LogP contribution in [0.25, 0.3) is 16.7 Å². The van der Waals surface area contributed by atoms with Crippen LogP contribution in [-0.2, 0) is 0 Å². The number of fused-ring (bicyclic) bond motifs is 1. The molecule has 90 valence electrons. The third-order valence-corrected chi connectivity index (χ3v) is 2.55. The maximum atomic E-state index is 13.2. The zero-order chi connectivity index (χ0) is 12.7. The van der Waals surface area contributed by atoms with Crippen molar-refractivity contribution >= 4 is 22.6 Å². The second-order valence-electron chi connectivity index (χ2n) is 3.60. The van der Waals surface area contributed by atoms with Crippen LogP contribution in [0.2, 0.25) is 5.28 Å². The molecule has 0 aliphatic rings. The van der Waals surface area contributed by atoms with E-state index in [-0.39, 0.29) is 11.0 Å². The molecule has 0 spiro atoms. The largest absolute Gasteiger partial charge is 0.226 e. The molecule has 0 saturated heterocycles. The highest BCUT2D eigenvalue weighted by Crippen LogP contribution is 2.18. The Hall–Kier alpha value is -2.08. The Balaban J connectivity index is 2.27. The van der Waals surface area contributed by atoms with Crippen LogP contribution in [-0.4, -0.2) is 19.7 Å². The van der Waals surface area contributed by atoms with Crippen LogP contribution in [0, 0.1) is 11.6 Å². The molecule has 18 heavy (non-hydrogen) atoms. The fourth-order valence-electron chi connectivity index (χ4n) is 1.65. The number of hydrogen-bond donors (Lipinski definition) is 0. The van der Waals surface area contributed by atoms with Crippen molar-refractivity contribution in [3.8, 4) is 5.69 Å². The molecule has 2 aromatic heterocycles. The minimum atomic E-state index is -0.686. The maximum absolute atomic E-state index is 13.2. The zero-order valence-electron chi connectivity index (χ0n) is 8.81. The molecule has 0 amide bonds. The molecule has 4 nitrogen and oxygen atoms in total. The second-order valence-corrected chi connectivity index (χ2v) is 3.94. The average Bonchev–Trinajstić information content (AvgIpc) is 2.70. The first kappa shape index (κ1) is 11.0. The summed E-state index contributed by atoms with van der Waals surface area (Å²) in [5, 5.41) is 4.68. The smallest absolute Gasteiger partial charge is 0.224 e. The van der Waals surface area contributed by atoms with E-state index in [1.807, 2.05) is 0 Å². The molecule has 0 aliphatic heterocycles. The van der Waals surface area contributed by atoms with Crippen LogP contribution in [0.5, 0.6) is 0 Å². The number of hydrogen-bond acceptors (Lipinski definition) is 3. The Bertz CT molecular complexity index is 721. The quantitative estimate of drug-likeness (QED) is 0.636.